The maximum absolute atomic E-state index is 12.3. The van der Waals surface area contributed by atoms with Crippen molar-refractivity contribution in [2.75, 3.05) is 0 Å². The van der Waals surface area contributed by atoms with E-state index in [1.807, 2.05) is 6.92 Å². The van der Waals surface area contributed by atoms with Crippen LogP contribution in [0.5, 0.6) is 0 Å². The monoisotopic (exact) mass is 472 g/mol. The largest absolute Gasteiger partial charge is 0.481 e. The predicted molar refractivity (Wildman–Crippen MR) is 134 cm³/mol. The summed E-state index contributed by atoms with van der Waals surface area (Å²) in [6.45, 7) is 16.2. The molecule has 5 aliphatic rings. The first-order valence-electron chi connectivity index (χ1n) is 13.9. The Balaban J connectivity index is 1.59. The maximum atomic E-state index is 12.3. The van der Waals surface area contributed by atoms with Crippen LogP contribution in [0.1, 0.15) is 106 Å². The fourth-order valence-electron chi connectivity index (χ4n) is 10.6. The summed E-state index contributed by atoms with van der Waals surface area (Å²) >= 11 is 0. The normalized spacial score (nSPS) is 56.3. The van der Waals surface area contributed by atoms with Crippen LogP contribution in [0, 0.1) is 50.2 Å². The molecule has 0 aromatic heterocycles. The van der Waals surface area contributed by atoms with E-state index in [9.17, 15) is 20.1 Å². The van der Waals surface area contributed by atoms with Crippen molar-refractivity contribution in [1.29, 1.82) is 0 Å². The Labute approximate surface area is 206 Å². The van der Waals surface area contributed by atoms with Crippen LogP contribution in [0.15, 0.2) is 11.6 Å². The number of aliphatic carboxylic acids is 1. The number of carboxylic acids is 1. The third-order valence-corrected chi connectivity index (χ3v) is 13.4. The minimum atomic E-state index is -0.867. The van der Waals surface area contributed by atoms with Crippen molar-refractivity contribution in [3.8, 4) is 0 Å². The van der Waals surface area contributed by atoms with Crippen molar-refractivity contribution in [3.05, 3.63) is 11.6 Å². The lowest BCUT2D eigenvalue weighted by Gasteiger charge is -2.71. The minimum Gasteiger partial charge on any atom is -0.481 e. The maximum Gasteiger partial charge on any atom is 0.309 e. The molecule has 0 aromatic carbocycles. The molecule has 0 saturated heterocycles. The molecule has 192 valence electrons. The molecule has 5 rings (SSSR count). The summed E-state index contributed by atoms with van der Waals surface area (Å²) in [4.78, 5) is 12.3. The molecule has 0 bridgehead atoms. The van der Waals surface area contributed by atoms with E-state index in [1.165, 1.54) is 12.0 Å². The standard InChI is InChI=1S/C30H48O4/c1-25(2)20-10-13-30(7)21(28(20,5)12-11-22(25)31)9-8-18-19-16-26(3,24(33)34)17-23(32)27(19,4)14-15-29(18,30)6/h8,19-23,31-32H,9-17H2,1-7H3,(H,33,34)/t19-,20?,21?,22+,23-,26+,27+,28-,29+,30+/m0/s1. The summed E-state index contributed by atoms with van der Waals surface area (Å²) in [6, 6.07) is 0. The lowest BCUT2D eigenvalue weighted by atomic mass is 9.33. The third kappa shape index (κ3) is 2.82. The average molecular weight is 473 g/mol. The Morgan fingerprint density at radius 3 is 2.15 bits per heavy atom. The van der Waals surface area contributed by atoms with Gasteiger partial charge in [-0.2, -0.15) is 0 Å². The van der Waals surface area contributed by atoms with E-state index < -0.39 is 17.5 Å². The first kappa shape index (κ1) is 24.8. The smallest absolute Gasteiger partial charge is 0.309 e. The molecule has 10 atom stereocenters. The summed E-state index contributed by atoms with van der Waals surface area (Å²) < 4.78 is 0. The van der Waals surface area contributed by atoms with Crippen LogP contribution in [0.4, 0.5) is 0 Å². The SMILES string of the molecule is CC1(C)C2CC[C@]3(C)C(CC=C4[C@@H]5C[C@@](C)(C(=O)O)C[C@H](O)[C@]5(C)CC[C@]43C)[C@@]2(C)CC[C@H]1O. The molecule has 0 aromatic rings. The van der Waals surface area contributed by atoms with E-state index in [0.29, 0.717) is 24.7 Å². The highest BCUT2D eigenvalue weighted by Gasteiger charge is 2.69. The van der Waals surface area contributed by atoms with Crippen LogP contribution in [0.2, 0.25) is 0 Å². The quantitative estimate of drug-likeness (QED) is 0.397. The zero-order valence-corrected chi connectivity index (χ0v) is 22.6. The van der Waals surface area contributed by atoms with Crippen molar-refractivity contribution < 1.29 is 20.1 Å². The Morgan fingerprint density at radius 2 is 1.50 bits per heavy atom. The number of hydrogen-bond acceptors (Lipinski definition) is 3. The highest BCUT2D eigenvalue weighted by atomic mass is 16.4. The lowest BCUT2D eigenvalue weighted by Crippen LogP contribution is -2.65. The van der Waals surface area contributed by atoms with Gasteiger partial charge in [-0.05, 0) is 104 Å². The van der Waals surface area contributed by atoms with Gasteiger partial charge in [0.2, 0.25) is 0 Å². The molecule has 4 heteroatoms. The van der Waals surface area contributed by atoms with Crippen LogP contribution in [-0.2, 0) is 4.79 Å². The van der Waals surface area contributed by atoms with Crippen molar-refractivity contribution in [2.45, 2.75) is 118 Å². The van der Waals surface area contributed by atoms with Crippen LogP contribution in [0.3, 0.4) is 0 Å². The first-order valence-corrected chi connectivity index (χ1v) is 13.9. The molecule has 0 radical (unpaired) electrons. The average Bonchev–Trinajstić information content (AvgIpc) is 2.73. The van der Waals surface area contributed by atoms with Gasteiger partial charge in [0.1, 0.15) is 0 Å². The van der Waals surface area contributed by atoms with Gasteiger partial charge >= 0.3 is 5.97 Å². The predicted octanol–water partition coefficient (Wildman–Crippen LogP) is 6.20. The number of hydrogen-bond donors (Lipinski definition) is 3. The van der Waals surface area contributed by atoms with E-state index in [1.54, 1.807) is 0 Å². The van der Waals surface area contributed by atoms with Gasteiger partial charge in [0, 0.05) is 5.41 Å². The summed E-state index contributed by atoms with van der Waals surface area (Å²) in [5.41, 5.74) is 0.706. The number of carboxylic acid groups (broad SMARTS) is 1. The zero-order valence-electron chi connectivity index (χ0n) is 22.6. The van der Waals surface area contributed by atoms with Crippen LogP contribution in [-0.4, -0.2) is 33.5 Å². The molecule has 4 fully saturated rings. The van der Waals surface area contributed by atoms with Gasteiger partial charge in [-0.1, -0.05) is 53.2 Å². The van der Waals surface area contributed by atoms with Gasteiger partial charge in [0.05, 0.1) is 17.6 Å². The Bertz CT molecular complexity index is 923. The molecule has 4 nitrogen and oxygen atoms in total. The fourth-order valence-corrected chi connectivity index (χ4v) is 10.6. The second-order valence-electron chi connectivity index (χ2n) is 15.0. The lowest BCUT2D eigenvalue weighted by molar-refractivity contribution is -0.208. The molecule has 0 spiro atoms. The van der Waals surface area contributed by atoms with E-state index in [-0.39, 0.29) is 39.1 Å². The summed E-state index contributed by atoms with van der Waals surface area (Å²) in [6.07, 6.45) is 10.1. The fraction of sp³-hybridized carbons (Fsp3) is 0.900. The van der Waals surface area contributed by atoms with E-state index >= 15 is 0 Å². The Hall–Kier alpha value is -0.870. The molecule has 0 amide bonds. The molecular formula is C30H48O4. The topological polar surface area (TPSA) is 77.8 Å². The van der Waals surface area contributed by atoms with Gasteiger partial charge in [0.15, 0.2) is 0 Å². The van der Waals surface area contributed by atoms with Crippen LogP contribution in [0.25, 0.3) is 0 Å². The molecular weight excluding hydrogens is 424 g/mol. The Kier molecular flexibility index (Phi) is 5.20. The van der Waals surface area contributed by atoms with E-state index in [2.05, 4.69) is 47.6 Å². The third-order valence-electron chi connectivity index (χ3n) is 13.4. The van der Waals surface area contributed by atoms with Crippen molar-refractivity contribution in [1.82, 2.24) is 0 Å². The summed E-state index contributed by atoms with van der Waals surface area (Å²) in [5, 5.41) is 32.2. The van der Waals surface area contributed by atoms with Crippen molar-refractivity contribution >= 4 is 5.97 Å². The van der Waals surface area contributed by atoms with Crippen LogP contribution < -0.4 is 0 Å². The number of rotatable bonds is 1. The number of aliphatic hydroxyl groups excluding tert-OH is 2. The van der Waals surface area contributed by atoms with Crippen molar-refractivity contribution in [3.63, 3.8) is 0 Å². The van der Waals surface area contributed by atoms with Crippen molar-refractivity contribution in [2.24, 2.45) is 50.2 Å². The van der Waals surface area contributed by atoms with E-state index in [0.717, 1.165) is 38.5 Å². The number of carbonyl (C=O) groups is 1. The Morgan fingerprint density at radius 1 is 0.824 bits per heavy atom. The van der Waals surface area contributed by atoms with Crippen LogP contribution >= 0.6 is 0 Å². The molecule has 4 saturated carbocycles. The van der Waals surface area contributed by atoms with Gasteiger partial charge in [-0.25, -0.2) is 0 Å². The van der Waals surface area contributed by atoms with Gasteiger partial charge < -0.3 is 15.3 Å². The highest BCUT2D eigenvalue weighted by molar-refractivity contribution is 5.74. The van der Waals surface area contributed by atoms with Gasteiger partial charge in [-0.15, -0.1) is 0 Å². The molecule has 5 aliphatic carbocycles. The second kappa shape index (κ2) is 7.12. The zero-order chi connectivity index (χ0) is 25.1. The molecule has 0 aliphatic heterocycles. The molecule has 34 heavy (non-hydrogen) atoms. The summed E-state index contributed by atoms with van der Waals surface area (Å²) in [7, 11) is 0. The number of allylic oxidation sites excluding steroid dienone is 2. The van der Waals surface area contributed by atoms with Gasteiger partial charge in [-0.3, -0.25) is 4.79 Å². The van der Waals surface area contributed by atoms with E-state index in [4.69, 9.17) is 0 Å². The number of fused-ring (bicyclic) bond motifs is 7. The minimum absolute atomic E-state index is 0.0325. The summed E-state index contributed by atoms with van der Waals surface area (Å²) in [5.74, 6) is 0.463. The highest BCUT2D eigenvalue weighted by Crippen LogP contribution is 2.75. The molecule has 3 N–H and O–H groups in total. The molecule has 2 unspecified atom stereocenters. The van der Waals surface area contributed by atoms with Gasteiger partial charge in [0.25, 0.3) is 0 Å². The molecule has 0 heterocycles. The second-order valence-corrected chi connectivity index (χ2v) is 15.0. The number of aliphatic hydroxyl groups is 2. The first-order chi connectivity index (χ1) is 15.6.